The van der Waals surface area contributed by atoms with Crippen LogP contribution in [-0.4, -0.2) is 42.5 Å². The molecule has 0 aliphatic carbocycles. The second-order valence-electron chi connectivity index (χ2n) is 5.47. The summed E-state index contributed by atoms with van der Waals surface area (Å²) in [6.07, 6.45) is -0.939. The average molecular weight is 312 g/mol. The number of rotatable bonds is 4. The Hall–Kier alpha value is -2.18. The average Bonchev–Trinajstić information content (AvgIpc) is 2.45. The van der Waals surface area contributed by atoms with E-state index in [1.165, 1.54) is 4.90 Å². The van der Waals surface area contributed by atoms with Crippen LogP contribution in [-0.2, 0) is 9.59 Å². The SMILES string of the molecule is CC(C)[C@@H](Oc1ccc(F)cc1F)C(=O)N1CCNC(=O)C1. The molecule has 22 heavy (non-hydrogen) atoms. The molecule has 1 heterocycles. The second-order valence-corrected chi connectivity index (χ2v) is 5.47. The van der Waals surface area contributed by atoms with Crippen molar-refractivity contribution in [2.75, 3.05) is 19.6 Å². The highest BCUT2D eigenvalue weighted by Gasteiger charge is 2.32. The van der Waals surface area contributed by atoms with E-state index in [0.29, 0.717) is 19.2 Å². The molecule has 0 unspecified atom stereocenters. The summed E-state index contributed by atoms with van der Waals surface area (Å²) in [5.74, 6) is -2.62. The molecule has 1 aliphatic rings. The van der Waals surface area contributed by atoms with Crippen molar-refractivity contribution < 1.29 is 23.1 Å². The zero-order valence-corrected chi connectivity index (χ0v) is 12.4. The van der Waals surface area contributed by atoms with Gasteiger partial charge in [-0.1, -0.05) is 13.8 Å². The number of carbonyl (C=O) groups is 2. The Morgan fingerprint density at radius 3 is 2.68 bits per heavy atom. The lowest BCUT2D eigenvalue weighted by molar-refractivity contribution is -0.145. The minimum absolute atomic E-state index is 0.0443. The molecule has 1 N–H and O–H groups in total. The first kappa shape index (κ1) is 16.2. The van der Waals surface area contributed by atoms with E-state index in [2.05, 4.69) is 5.32 Å². The van der Waals surface area contributed by atoms with Crippen molar-refractivity contribution in [3.05, 3.63) is 29.8 Å². The lowest BCUT2D eigenvalue weighted by Crippen LogP contribution is -2.54. The molecule has 7 heteroatoms. The number of hydrogen-bond donors (Lipinski definition) is 1. The smallest absolute Gasteiger partial charge is 0.264 e. The van der Waals surface area contributed by atoms with Crippen LogP contribution in [0.4, 0.5) is 8.78 Å². The second kappa shape index (κ2) is 6.72. The van der Waals surface area contributed by atoms with Crippen LogP contribution in [0.2, 0.25) is 0 Å². The lowest BCUT2D eigenvalue weighted by Gasteiger charge is -2.31. The van der Waals surface area contributed by atoms with Gasteiger partial charge in [0.15, 0.2) is 17.7 Å². The van der Waals surface area contributed by atoms with Crippen molar-refractivity contribution in [1.29, 1.82) is 0 Å². The fourth-order valence-corrected chi connectivity index (χ4v) is 2.19. The van der Waals surface area contributed by atoms with E-state index in [1.54, 1.807) is 13.8 Å². The molecule has 1 fully saturated rings. The molecule has 1 aliphatic heterocycles. The number of halogens is 2. The van der Waals surface area contributed by atoms with E-state index in [1.807, 2.05) is 0 Å². The number of nitrogens with one attached hydrogen (secondary N) is 1. The molecule has 0 radical (unpaired) electrons. The van der Waals surface area contributed by atoms with E-state index in [4.69, 9.17) is 4.74 Å². The van der Waals surface area contributed by atoms with Gasteiger partial charge in [-0.15, -0.1) is 0 Å². The van der Waals surface area contributed by atoms with Crippen LogP contribution in [0.15, 0.2) is 18.2 Å². The summed E-state index contributed by atoms with van der Waals surface area (Å²) < 4.78 is 32.1. The monoisotopic (exact) mass is 312 g/mol. The Balaban J connectivity index is 2.15. The van der Waals surface area contributed by atoms with Gasteiger partial charge in [-0.3, -0.25) is 9.59 Å². The topological polar surface area (TPSA) is 58.6 Å². The highest BCUT2D eigenvalue weighted by molar-refractivity contribution is 5.88. The fourth-order valence-electron chi connectivity index (χ4n) is 2.19. The van der Waals surface area contributed by atoms with Crippen molar-refractivity contribution >= 4 is 11.8 Å². The van der Waals surface area contributed by atoms with Gasteiger partial charge in [-0.05, 0) is 18.1 Å². The summed E-state index contributed by atoms with van der Waals surface area (Å²) >= 11 is 0. The fraction of sp³-hybridized carbons (Fsp3) is 0.467. The molecule has 1 aromatic rings. The number of nitrogens with zero attached hydrogens (tertiary/aromatic N) is 1. The number of hydrogen-bond acceptors (Lipinski definition) is 3. The molecule has 0 aromatic heterocycles. The maximum Gasteiger partial charge on any atom is 0.264 e. The molecule has 1 saturated heterocycles. The molecule has 2 amide bonds. The molecular formula is C15H18F2N2O3. The summed E-state index contributed by atoms with van der Waals surface area (Å²) in [5.41, 5.74) is 0. The van der Waals surface area contributed by atoms with Crippen LogP contribution >= 0.6 is 0 Å². The Bertz CT molecular complexity index is 578. The van der Waals surface area contributed by atoms with Crippen molar-refractivity contribution in [2.24, 2.45) is 5.92 Å². The summed E-state index contributed by atoms with van der Waals surface area (Å²) in [7, 11) is 0. The van der Waals surface area contributed by atoms with Gasteiger partial charge in [0.2, 0.25) is 5.91 Å². The van der Waals surface area contributed by atoms with Gasteiger partial charge in [0.1, 0.15) is 5.82 Å². The molecule has 120 valence electrons. The third-order valence-corrected chi connectivity index (χ3v) is 3.35. The van der Waals surface area contributed by atoms with Gasteiger partial charge < -0.3 is 15.0 Å². The van der Waals surface area contributed by atoms with Crippen LogP contribution in [0, 0.1) is 17.6 Å². The van der Waals surface area contributed by atoms with Crippen LogP contribution in [0.5, 0.6) is 5.75 Å². The standard InChI is InChI=1S/C15H18F2N2O3/c1-9(2)14(15(21)19-6-5-18-13(20)8-19)22-12-4-3-10(16)7-11(12)17/h3-4,7,9,14H,5-6,8H2,1-2H3,(H,18,20)/t14-/m1/s1. The Kier molecular flexibility index (Phi) is 4.95. The van der Waals surface area contributed by atoms with Gasteiger partial charge in [-0.25, -0.2) is 8.78 Å². The van der Waals surface area contributed by atoms with Crippen LogP contribution in [0.25, 0.3) is 0 Å². The Labute approximate surface area is 127 Å². The van der Waals surface area contributed by atoms with E-state index >= 15 is 0 Å². The van der Waals surface area contributed by atoms with Crippen molar-refractivity contribution in [3.8, 4) is 5.75 Å². The quantitative estimate of drug-likeness (QED) is 0.912. The molecular weight excluding hydrogens is 294 g/mol. The molecule has 5 nitrogen and oxygen atoms in total. The predicted octanol–water partition coefficient (Wildman–Crippen LogP) is 1.33. The largest absolute Gasteiger partial charge is 0.477 e. The van der Waals surface area contributed by atoms with Crippen molar-refractivity contribution in [1.82, 2.24) is 10.2 Å². The maximum absolute atomic E-state index is 13.7. The molecule has 0 bridgehead atoms. The first-order chi connectivity index (χ1) is 10.4. The Morgan fingerprint density at radius 2 is 2.09 bits per heavy atom. The Morgan fingerprint density at radius 1 is 1.36 bits per heavy atom. The first-order valence-electron chi connectivity index (χ1n) is 7.05. The molecule has 2 rings (SSSR count). The number of piperazine rings is 1. The zero-order valence-electron chi connectivity index (χ0n) is 12.4. The number of benzene rings is 1. The van der Waals surface area contributed by atoms with Gasteiger partial charge in [-0.2, -0.15) is 0 Å². The number of carbonyl (C=O) groups excluding carboxylic acids is 2. The molecule has 0 saturated carbocycles. The highest BCUT2D eigenvalue weighted by atomic mass is 19.1. The third-order valence-electron chi connectivity index (χ3n) is 3.35. The minimum atomic E-state index is -0.939. The van der Waals surface area contributed by atoms with E-state index in [-0.39, 0.29) is 30.0 Å². The van der Waals surface area contributed by atoms with E-state index in [9.17, 15) is 18.4 Å². The predicted molar refractivity (Wildman–Crippen MR) is 75.2 cm³/mol. The van der Waals surface area contributed by atoms with E-state index < -0.39 is 17.7 Å². The minimum Gasteiger partial charge on any atom is -0.477 e. The van der Waals surface area contributed by atoms with Crippen LogP contribution < -0.4 is 10.1 Å². The van der Waals surface area contributed by atoms with Crippen molar-refractivity contribution in [2.45, 2.75) is 20.0 Å². The molecule has 0 spiro atoms. The number of ether oxygens (including phenoxy) is 1. The van der Waals surface area contributed by atoms with E-state index in [0.717, 1.165) is 12.1 Å². The molecule has 1 atom stereocenters. The zero-order chi connectivity index (χ0) is 16.3. The summed E-state index contributed by atoms with van der Waals surface area (Å²) in [4.78, 5) is 25.2. The number of amides is 2. The third kappa shape index (κ3) is 3.72. The van der Waals surface area contributed by atoms with Crippen LogP contribution in [0.3, 0.4) is 0 Å². The van der Waals surface area contributed by atoms with Crippen molar-refractivity contribution in [3.63, 3.8) is 0 Å². The van der Waals surface area contributed by atoms with Gasteiger partial charge in [0.05, 0.1) is 6.54 Å². The van der Waals surface area contributed by atoms with Crippen LogP contribution in [0.1, 0.15) is 13.8 Å². The normalized spacial score (nSPS) is 16.4. The van der Waals surface area contributed by atoms with Gasteiger partial charge >= 0.3 is 0 Å². The van der Waals surface area contributed by atoms with Gasteiger partial charge in [0.25, 0.3) is 5.91 Å². The molecule has 1 aromatic carbocycles. The summed E-state index contributed by atoms with van der Waals surface area (Å²) in [6, 6.07) is 2.91. The highest BCUT2D eigenvalue weighted by Crippen LogP contribution is 2.22. The maximum atomic E-state index is 13.7. The summed E-state index contributed by atoms with van der Waals surface area (Å²) in [5, 5.41) is 2.62. The first-order valence-corrected chi connectivity index (χ1v) is 7.05. The van der Waals surface area contributed by atoms with Gasteiger partial charge in [0, 0.05) is 19.2 Å². The summed E-state index contributed by atoms with van der Waals surface area (Å²) in [6.45, 7) is 4.22. The lowest BCUT2D eigenvalue weighted by atomic mass is 10.1.